The zero-order valence-corrected chi connectivity index (χ0v) is 12.2. The number of rotatable bonds is 3. The van der Waals surface area contributed by atoms with Crippen LogP contribution >= 0.6 is 0 Å². The van der Waals surface area contributed by atoms with Gasteiger partial charge >= 0.3 is 6.03 Å². The number of benzene rings is 1. The average molecular weight is 275 g/mol. The van der Waals surface area contributed by atoms with Crippen molar-refractivity contribution in [1.29, 1.82) is 0 Å². The maximum Gasteiger partial charge on any atom is 0.319 e. The van der Waals surface area contributed by atoms with Crippen LogP contribution in [0.1, 0.15) is 19.4 Å². The van der Waals surface area contributed by atoms with Gasteiger partial charge in [0.15, 0.2) is 0 Å². The summed E-state index contributed by atoms with van der Waals surface area (Å²) in [6, 6.07) is 9.13. The number of amides is 3. The van der Waals surface area contributed by atoms with Gasteiger partial charge in [-0.1, -0.05) is 44.2 Å². The van der Waals surface area contributed by atoms with Gasteiger partial charge in [-0.15, -0.1) is 0 Å². The molecule has 108 valence electrons. The van der Waals surface area contributed by atoms with Gasteiger partial charge in [0.25, 0.3) is 0 Å². The molecule has 3 amide bonds. The summed E-state index contributed by atoms with van der Waals surface area (Å²) in [4.78, 5) is 27.7. The zero-order valence-electron chi connectivity index (χ0n) is 12.2. The standard InChI is InChI=1S/C15H21N3O2/c1-11(2)13-14(19)17(3)10-18(15(20)16-13)9-12-7-5-4-6-8-12/h4-8,11,13H,9-10H2,1-3H3,(H,16,20)/t13-/m0/s1. The molecular weight excluding hydrogens is 254 g/mol. The molecule has 1 aromatic carbocycles. The Hall–Kier alpha value is -2.04. The van der Waals surface area contributed by atoms with Crippen LogP contribution < -0.4 is 5.32 Å². The second-order valence-corrected chi connectivity index (χ2v) is 5.53. The van der Waals surface area contributed by atoms with E-state index in [2.05, 4.69) is 5.32 Å². The smallest absolute Gasteiger partial charge is 0.319 e. The van der Waals surface area contributed by atoms with Crippen LogP contribution in [0, 0.1) is 5.92 Å². The van der Waals surface area contributed by atoms with E-state index in [1.807, 2.05) is 44.2 Å². The van der Waals surface area contributed by atoms with Crippen molar-refractivity contribution >= 4 is 11.9 Å². The van der Waals surface area contributed by atoms with Crippen molar-refractivity contribution in [3.63, 3.8) is 0 Å². The van der Waals surface area contributed by atoms with Crippen LogP contribution in [0.3, 0.4) is 0 Å². The minimum absolute atomic E-state index is 0.0380. The first kappa shape index (κ1) is 14.4. The monoisotopic (exact) mass is 275 g/mol. The van der Waals surface area contributed by atoms with Crippen LogP contribution in [0.4, 0.5) is 4.79 Å². The first-order valence-corrected chi connectivity index (χ1v) is 6.83. The van der Waals surface area contributed by atoms with Crippen molar-refractivity contribution in [1.82, 2.24) is 15.1 Å². The van der Waals surface area contributed by atoms with Gasteiger partial charge in [0.2, 0.25) is 5.91 Å². The second-order valence-electron chi connectivity index (χ2n) is 5.53. The first-order chi connectivity index (χ1) is 9.49. The van der Waals surface area contributed by atoms with Crippen molar-refractivity contribution in [3.8, 4) is 0 Å². The summed E-state index contributed by atoms with van der Waals surface area (Å²) in [6.45, 7) is 4.67. The fraction of sp³-hybridized carbons (Fsp3) is 0.467. The summed E-state index contributed by atoms with van der Waals surface area (Å²) < 4.78 is 0. The fourth-order valence-electron chi connectivity index (χ4n) is 2.29. The predicted octanol–water partition coefficient (Wildman–Crippen LogP) is 1.65. The number of carbonyl (C=O) groups is 2. The van der Waals surface area contributed by atoms with Gasteiger partial charge in [0.1, 0.15) is 6.04 Å². The quantitative estimate of drug-likeness (QED) is 0.912. The number of urea groups is 1. The molecule has 1 aromatic rings. The van der Waals surface area contributed by atoms with E-state index in [4.69, 9.17) is 0 Å². The maximum absolute atomic E-state index is 12.3. The highest BCUT2D eigenvalue weighted by Gasteiger charge is 2.33. The lowest BCUT2D eigenvalue weighted by atomic mass is 10.0. The highest BCUT2D eigenvalue weighted by molar-refractivity contribution is 5.89. The normalized spacial score (nSPS) is 20.1. The van der Waals surface area contributed by atoms with Crippen LogP contribution in [0.15, 0.2) is 30.3 Å². The third-order valence-electron chi connectivity index (χ3n) is 3.47. The largest absolute Gasteiger partial charge is 0.326 e. The van der Waals surface area contributed by atoms with Crippen LogP contribution in [0.5, 0.6) is 0 Å². The molecule has 0 bridgehead atoms. The number of likely N-dealkylation sites (N-methyl/N-ethyl adjacent to an activating group) is 1. The minimum atomic E-state index is -0.451. The molecular formula is C15H21N3O2. The Kier molecular flexibility index (Phi) is 4.27. The molecule has 0 saturated carbocycles. The van der Waals surface area contributed by atoms with Crippen molar-refractivity contribution in [2.45, 2.75) is 26.4 Å². The van der Waals surface area contributed by atoms with E-state index in [0.29, 0.717) is 13.2 Å². The van der Waals surface area contributed by atoms with Gasteiger partial charge in [-0.3, -0.25) is 4.79 Å². The molecule has 1 saturated heterocycles. The Morgan fingerprint density at radius 1 is 1.25 bits per heavy atom. The van der Waals surface area contributed by atoms with Gasteiger partial charge in [-0.25, -0.2) is 4.79 Å². The van der Waals surface area contributed by atoms with Gasteiger partial charge < -0.3 is 15.1 Å². The third kappa shape index (κ3) is 3.10. The van der Waals surface area contributed by atoms with Crippen LogP contribution in [-0.4, -0.2) is 41.5 Å². The summed E-state index contributed by atoms with van der Waals surface area (Å²) in [5, 5.41) is 2.82. The highest BCUT2D eigenvalue weighted by Crippen LogP contribution is 2.13. The Morgan fingerprint density at radius 2 is 1.90 bits per heavy atom. The molecule has 5 nitrogen and oxygen atoms in total. The van der Waals surface area contributed by atoms with Crippen molar-refractivity contribution in [2.75, 3.05) is 13.7 Å². The van der Waals surface area contributed by atoms with E-state index < -0.39 is 6.04 Å². The zero-order chi connectivity index (χ0) is 14.7. The molecule has 0 radical (unpaired) electrons. The summed E-state index contributed by atoms with van der Waals surface area (Å²) in [5.74, 6) is 0.0366. The molecule has 2 rings (SSSR count). The summed E-state index contributed by atoms with van der Waals surface area (Å²) in [7, 11) is 1.73. The molecule has 5 heteroatoms. The van der Waals surface area contributed by atoms with Gasteiger partial charge in [-0.05, 0) is 11.5 Å². The number of nitrogens with zero attached hydrogens (tertiary/aromatic N) is 2. The molecule has 1 aliphatic rings. The minimum Gasteiger partial charge on any atom is -0.326 e. The van der Waals surface area contributed by atoms with E-state index >= 15 is 0 Å². The Labute approximate surface area is 119 Å². The summed E-state index contributed by atoms with van der Waals surface area (Å²) >= 11 is 0. The maximum atomic E-state index is 12.3. The molecule has 0 unspecified atom stereocenters. The lowest BCUT2D eigenvalue weighted by Crippen LogP contribution is -2.47. The molecule has 1 heterocycles. The molecule has 20 heavy (non-hydrogen) atoms. The number of carbonyl (C=O) groups excluding carboxylic acids is 2. The van der Waals surface area contributed by atoms with Crippen molar-refractivity contribution in [2.24, 2.45) is 5.92 Å². The molecule has 0 aromatic heterocycles. The Balaban J connectivity index is 2.15. The predicted molar refractivity (Wildman–Crippen MR) is 76.8 cm³/mol. The third-order valence-corrected chi connectivity index (χ3v) is 3.47. The fourth-order valence-corrected chi connectivity index (χ4v) is 2.29. The van der Waals surface area contributed by atoms with Crippen LogP contribution in [-0.2, 0) is 11.3 Å². The molecule has 1 atom stereocenters. The molecule has 1 fully saturated rings. The van der Waals surface area contributed by atoms with Gasteiger partial charge in [0, 0.05) is 13.6 Å². The van der Waals surface area contributed by atoms with Crippen LogP contribution in [0.2, 0.25) is 0 Å². The highest BCUT2D eigenvalue weighted by atomic mass is 16.2. The van der Waals surface area contributed by atoms with E-state index in [-0.39, 0.29) is 17.9 Å². The SMILES string of the molecule is CC(C)[C@@H]1NC(=O)N(Cc2ccccc2)CN(C)C1=O. The van der Waals surface area contributed by atoms with E-state index in [1.54, 1.807) is 16.8 Å². The summed E-state index contributed by atoms with van der Waals surface area (Å²) in [6.07, 6.45) is 0. The lowest BCUT2D eigenvalue weighted by Gasteiger charge is -2.24. The number of nitrogens with one attached hydrogen (secondary N) is 1. The first-order valence-electron chi connectivity index (χ1n) is 6.83. The summed E-state index contributed by atoms with van der Waals surface area (Å²) in [5.41, 5.74) is 1.05. The topological polar surface area (TPSA) is 52.7 Å². The van der Waals surface area contributed by atoms with Crippen molar-refractivity contribution < 1.29 is 9.59 Å². The average Bonchev–Trinajstić information content (AvgIpc) is 2.52. The Bertz CT molecular complexity index is 487. The number of hydrogen-bond acceptors (Lipinski definition) is 2. The molecule has 1 aliphatic heterocycles. The Morgan fingerprint density at radius 3 is 2.50 bits per heavy atom. The number of hydrogen-bond donors (Lipinski definition) is 1. The second kappa shape index (κ2) is 5.94. The molecule has 0 spiro atoms. The molecule has 0 aliphatic carbocycles. The van der Waals surface area contributed by atoms with Gasteiger partial charge in [-0.2, -0.15) is 0 Å². The van der Waals surface area contributed by atoms with E-state index in [0.717, 1.165) is 5.56 Å². The van der Waals surface area contributed by atoms with Crippen LogP contribution in [0.25, 0.3) is 0 Å². The van der Waals surface area contributed by atoms with E-state index in [1.165, 1.54) is 0 Å². The van der Waals surface area contributed by atoms with Gasteiger partial charge in [0.05, 0.1) is 6.67 Å². The van der Waals surface area contributed by atoms with Crippen molar-refractivity contribution in [3.05, 3.63) is 35.9 Å². The van der Waals surface area contributed by atoms with E-state index in [9.17, 15) is 9.59 Å². The molecule has 1 N–H and O–H groups in total. The lowest BCUT2D eigenvalue weighted by molar-refractivity contribution is -0.133.